The maximum absolute atomic E-state index is 12.4. The van der Waals surface area contributed by atoms with Crippen LogP contribution in [-0.2, 0) is 28.5 Å². The Kier molecular flexibility index (Phi) is 6.21. The summed E-state index contributed by atoms with van der Waals surface area (Å²) >= 11 is 0.670. The van der Waals surface area contributed by atoms with Crippen molar-refractivity contribution in [3.63, 3.8) is 0 Å². The molecule has 7 nitrogen and oxygen atoms in total. The number of hydrogen-bond donors (Lipinski definition) is 3. The van der Waals surface area contributed by atoms with Crippen LogP contribution in [0.2, 0.25) is 0 Å². The Hall–Kier alpha value is -2.18. The third-order valence-electron chi connectivity index (χ3n) is 3.16. The van der Waals surface area contributed by atoms with Gasteiger partial charge in [-0.1, -0.05) is 24.3 Å². The first-order chi connectivity index (χ1) is 12.1. The first kappa shape index (κ1) is 20.1. The van der Waals surface area contributed by atoms with Crippen molar-refractivity contribution in [2.75, 3.05) is 12.4 Å². The van der Waals surface area contributed by atoms with Crippen molar-refractivity contribution in [1.29, 1.82) is 0 Å². The van der Waals surface area contributed by atoms with Gasteiger partial charge in [-0.05, 0) is 18.2 Å². The SMILES string of the molecule is CNS(=O)(=O)Cc1ccc(CNC(=O)Nc2nc(C(F)(F)F)cs2)cc1. The predicted octanol–water partition coefficient (Wildman–Crippen LogP) is 2.53. The van der Waals surface area contributed by atoms with Gasteiger partial charge in [-0.25, -0.2) is 22.9 Å². The predicted molar refractivity (Wildman–Crippen MR) is 91.1 cm³/mol. The molecule has 0 bridgehead atoms. The van der Waals surface area contributed by atoms with Crippen molar-refractivity contribution < 1.29 is 26.4 Å². The molecule has 12 heteroatoms. The monoisotopic (exact) mass is 408 g/mol. The van der Waals surface area contributed by atoms with Crippen molar-refractivity contribution in [2.24, 2.45) is 0 Å². The molecule has 0 atom stereocenters. The van der Waals surface area contributed by atoms with Gasteiger partial charge >= 0.3 is 12.2 Å². The summed E-state index contributed by atoms with van der Waals surface area (Å²) in [6.45, 7) is 0.113. The molecule has 0 saturated carbocycles. The number of benzene rings is 1. The summed E-state index contributed by atoms with van der Waals surface area (Å²) < 4.78 is 62.4. The molecule has 1 aromatic carbocycles. The van der Waals surface area contributed by atoms with Gasteiger partial charge in [0.25, 0.3) is 0 Å². The van der Waals surface area contributed by atoms with Crippen LogP contribution < -0.4 is 15.4 Å². The van der Waals surface area contributed by atoms with E-state index in [-0.39, 0.29) is 17.4 Å². The Balaban J connectivity index is 1.86. The zero-order chi connectivity index (χ0) is 19.4. The maximum Gasteiger partial charge on any atom is 0.434 e. The second kappa shape index (κ2) is 8.01. The highest BCUT2D eigenvalue weighted by atomic mass is 32.2. The summed E-state index contributed by atoms with van der Waals surface area (Å²) in [5.41, 5.74) is 0.209. The van der Waals surface area contributed by atoms with E-state index in [1.807, 2.05) is 0 Å². The van der Waals surface area contributed by atoms with Crippen molar-refractivity contribution in [3.8, 4) is 0 Å². The normalized spacial score (nSPS) is 12.0. The zero-order valence-electron chi connectivity index (χ0n) is 13.4. The van der Waals surface area contributed by atoms with Gasteiger partial charge in [-0.2, -0.15) is 13.2 Å². The Bertz CT molecular complexity index is 864. The molecular weight excluding hydrogens is 393 g/mol. The zero-order valence-corrected chi connectivity index (χ0v) is 15.1. The molecule has 0 spiro atoms. The highest BCUT2D eigenvalue weighted by molar-refractivity contribution is 7.88. The number of carbonyl (C=O) groups excluding carboxylic acids is 1. The molecule has 0 unspecified atom stereocenters. The third kappa shape index (κ3) is 5.97. The van der Waals surface area contributed by atoms with Gasteiger partial charge in [0.15, 0.2) is 10.8 Å². The number of hydrogen-bond acceptors (Lipinski definition) is 5. The summed E-state index contributed by atoms with van der Waals surface area (Å²) in [5.74, 6) is -0.163. The lowest BCUT2D eigenvalue weighted by Gasteiger charge is -2.07. The molecule has 2 aromatic rings. The van der Waals surface area contributed by atoms with Crippen molar-refractivity contribution in [2.45, 2.75) is 18.5 Å². The topological polar surface area (TPSA) is 100 Å². The largest absolute Gasteiger partial charge is 0.434 e. The van der Waals surface area contributed by atoms with Gasteiger partial charge in [-0.15, -0.1) is 11.3 Å². The van der Waals surface area contributed by atoms with E-state index in [0.717, 1.165) is 5.38 Å². The van der Waals surface area contributed by atoms with Crippen LogP contribution >= 0.6 is 11.3 Å². The molecule has 142 valence electrons. The lowest BCUT2D eigenvalue weighted by molar-refractivity contribution is -0.140. The van der Waals surface area contributed by atoms with Crippen LogP contribution in [0.5, 0.6) is 0 Å². The van der Waals surface area contributed by atoms with Gasteiger partial charge in [0.2, 0.25) is 10.0 Å². The van der Waals surface area contributed by atoms with Crippen LogP contribution in [0.3, 0.4) is 0 Å². The van der Waals surface area contributed by atoms with Crippen LogP contribution in [0.4, 0.5) is 23.1 Å². The maximum atomic E-state index is 12.4. The van der Waals surface area contributed by atoms with Gasteiger partial charge < -0.3 is 5.32 Å². The van der Waals surface area contributed by atoms with E-state index in [1.54, 1.807) is 24.3 Å². The Morgan fingerprint density at radius 2 is 1.81 bits per heavy atom. The van der Waals surface area contributed by atoms with E-state index >= 15 is 0 Å². The number of carbonyl (C=O) groups is 1. The molecule has 0 aliphatic carbocycles. The minimum absolute atomic E-state index is 0.113. The van der Waals surface area contributed by atoms with Crippen LogP contribution in [0.15, 0.2) is 29.6 Å². The molecule has 0 saturated heterocycles. The van der Waals surface area contributed by atoms with E-state index in [9.17, 15) is 26.4 Å². The van der Waals surface area contributed by atoms with E-state index in [1.165, 1.54) is 7.05 Å². The standard InChI is InChI=1S/C14H15F3N4O3S2/c1-18-26(23,24)8-10-4-2-9(3-5-10)6-19-12(22)21-13-20-11(7-25-13)14(15,16)17/h2-5,7,18H,6,8H2,1H3,(H2,19,20,21,22). The number of rotatable bonds is 6. The lowest BCUT2D eigenvalue weighted by atomic mass is 10.1. The fraction of sp³-hybridized carbons (Fsp3) is 0.286. The number of anilines is 1. The van der Waals surface area contributed by atoms with Gasteiger partial charge in [0.1, 0.15) is 0 Å². The number of halogens is 3. The summed E-state index contributed by atoms with van der Waals surface area (Å²) in [5, 5.41) is 5.35. The van der Waals surface area contributed by atoms with E-state index in [4.69, 9.17) is 0 Å². The number of sulfonamides is 1. The van der Waals surface area contributed by atoms with Crippen LogP contribution in [0, 0.1) is 0 Å². The van der Waals surface area contributed by atoms with Gasteiger partial charge in [0.05, 0.1) is 5.75 Å². The van der Waals surface area contributed by atoms with Crippen LogP contribution in [0.25, 0.3) is 0 Å². The number of nitrogens with one attached hydrogen (secondary N) is 3. The van der Waals surface area contributed by atoms with E-state index < -0.39 is 27.9 Å². The second-order valence-electron chi connectivity index (χ2n) is 5.12. The minimum Gasteiger partial charge on any atom is -0.334 e. The molecule has 2 amide bonds. The van der Waals surface area contributed by atoms with E-state index in [2.05, 4.69) is 20.3 Å². The van der Waals surface area contributed by atoms with Crippen molar-refractivity contribution in [3.05, 3.63) is 46.5 Å². The molecule has 1 heterocycles. The highest BCUT2D eigenvalue weighted by Crippen LogP contribution is 2.31. The van der Waals surface area contributed by atoms with E-state index in [0.29, 0.717) is 22.5 Å². The Labute approximate surface area is 151 Å². The molecule has 26 heavy (non-hydrogen) atoms. The molecule has 0 radical (unpaired) electrons. The molecule has 2 rings (SSSR count). The van der Waals surface area contributed by atoms with Crippen molar-refractivity contribution in [1.82, 2.24) is 15.0 Å². The first-order valence-corrected chi connectivity index (χ1v) is 9.69. The lowest BCUT2D eigenvalue weighted by Crippen LogP contribution is -2.28. The molecule has 0 aliphatic heterocycles. The molecular formula is C14H15F3N4O3S2. The number of thiazole rings is 1. The first-order valence-electron chi connectivity index (χ1n) is 7.15. The summed E-state index contributed by atoms with van der Waals surface area (Å²) in [7, 11) is -2.04. The summed E-state index contributed by atoms with van der Waals surface area (Å²) in [6, 6.07) is 5.81. The number of aromatic nitrogens is 1. The summed E-state index contributed by atoms with van der Waals surface area (Å²) in [6.07, 6.45) is -4.56. The molecule has 0 fully saturated rings. The fourth-order valence-corrected chi connectivity index (χ4v) is 3.32. The minimum atomic E-state index is -4.56. The fourth-order valence-electron chi connectivity index (χ4n) is 1.83. The van der Waals surface area contributed by atoms with Gasteiger partial charge in [0, 0.05) is 11.9 Å². The molecule has 0 aliphatic rings. The average molecular weight is 408 g/mol. The van der Waals surface area contributed by atoms with Gasteiger partial charge in [-0.3, -0.25) is 5.32 Å². The quantitative estimate of drug-likeness (QED) is 0.684. The second-order valence-corrected chi connectivity index (χ2v) is 7.91. The summed E-state index contributed by atoms with van der Waals surface area (Å²) in [4.78, 5) is 15.0. The number of urea groups is 1. The Morgan fingerprint density at radius 3 is 2.35 bits per heavy atom. The number of amides is 2. The molecule has 1 aromatic heterocycles. The van der Waals surface area contributed by atoms with Crippen LogP contribution in [0.1, 0.15) is 16.8 Å². The third-order valence-corrected chi connectivity index (χ3v) is 5.25. The number of alkyl halides is 3. The van der Waals surface area contributed by atoms with Crippen molar-refractivity contribution >= 4 is 32.5 Å². The average Bonchev–Trinajstić information content (AvgIpc) is 3.03. The highest BCUT2D eigenvalue weighted by Gasteiger charge is 2.33. The molecule has 3 N–H and O–H groups in total. The number of nitrogens with zero attached hydrogens (tertiary/aromatic N) is 1. The smallest absolute Gasteiger partial charge is 0.334 e. The van der Waals surface area contributed by atoms with Crippen LogP contribution in [-0.4, -0.2) is 26.5 Å². The Morgan fingerprint density at radius 1 is 1.19 bits per heavy atom.